The summed E-state index contributed by atoms with van der Waals surface area (Å²) in [7, 11) is 1.64. The smallest absolute Gasteiger partial charge is 0.140 e. The highest BCUT2D eigenvalue weighted by atomic mass is 35.5. The molecule has 1 N–H and O–H groups in total. The van der Waals surface area contributed by atoms with E-state index in [-0.39, 0.29) is 0 Å². The van der Waals surface area contributed by atoms with Crippen molar-refractivity contribution in [2.24, 2.45) is 0 Å². The molecule has 2 aromatic rings. The molecule has 0 saturated carbocycles. The number of aromatic nitrogens is 1. The lowest BCUT2D eigenvalue weighted by Gasteiger charge is -2.17. The quantitative estimate of drug-likeness (QED) is 0.556. The van der Waals surface area contributed by atoms with Crippen LogP contribution in [-0.4, -0.2) is 43.2 Å². The summed E-state index contributed by atoms with van der Waals surface area (Å²) in [5.74, 6) is 0.684. The first-order valence-corrected chi connectivity index (χ1v) is 9.66. The van der Waals surface area contributed by atoms with E-state index in [1.54, 1.807) is 13.3 Å². The van der Waals surface area contributed by atoms with Crippen LogP contribution in [0.15, 0.2) is 24.4 Å². The molecule has 5 heteroatoms. The van der Waals surface area contributed by atoms with Gasteiger partial charge in [-0.25, -0.2) is 0 Å². The number of anilines is 1. The fourth-order valence-corrected chi connectivity index (χ4v) is 3.34. The monoisotopic (exact) mass is 363 g/mol. The molecule has 0 bridgehead atoms. The number of unbranched alkanes of at least 4 members (excludes halogenated alkanes) is 3. The van der Waals surface area contributed by atoms with E-state index in [9.17, 15) is 0 Å². The number of ether oxygens (including phenoxy) is 1. The SMILES string of the molecule is CCN(CC)CCCCCCNc1cc(OC)c(Cl)c2cccnc12. The first-order chi connectivity index (χ1) is 12.2. The third-order valence-corrected chi connectivity index (χ3v) is 5.01. The van der Waals surface area contributed by atoms with Gasteiger partial charge >= 0.3 is 0 Å². The molecule has 1 aromatic carbocycles. The summed E-state index contributed by atoms with van der Waals surface area (Å²) in [5, 5.41) is 5.04. The Morgan fingerprint density at radius 2 is 1.92 bits per heavy atom. The van der Waals surface area contributed by atoms with E-state index in [0.29, 0.717) is 10.8 Å². The van der Waals surface area contributed by atoms with Crippen molar-refractivity contribution in [3.8, 4) is 5.75 Å². The molecule has 0 unspecified atom stereocenters. The average molecular weight is 364 g/mol. The summed E-state index contributed by atoms with van der Waals surface area (Å²) in [6.45, 7) is 8.90. The van der Waals surface area contributed by atoms with Crippen molar-refractivity contribution in [3.63, 3.8) is 0 Å². The molecule has 1 heterocycles. The van der Waals surface area contributed by atoms with Crippen molar-refractivity contribution < 1.29 is 4.74 Å². The molecule has 1 aromatic heterocycles. The number of fused-ring (bicyclic) bond motifs is 1. The Morgan fingerprint density at radius 1 is 1.16 bits per heavy atom. The minimum absolute atomic E-state index is 0.618. The molecular weight excluding hydrogens is 334 g/mol. The predicted molar refractivity (Wildman–Crippen MR) is 108 cm³/mol. The maximum Gasteiger partial charge on any atom is 0.140 e. The van der Waals surface area contributed by atoms with Crippen molar-refractivity contribution in [1.82, 2.24) is 9.88 Å². The van der Waals surface area contributed by atoms with Gasteiger partial charge in [-0.3, -0.25) is 4.98 Å². The zero-order valence-corrected chi connectivity index (χ0v) is 16.4. The number of methoxy groups -OCH3 is 1. The Hall–Kier alpha value is -1.52. The van der Waals surface area contributed by atoms with Gasteiger partial charge in [0.2, 0.25) is 0 Å². The molecule has 2 rings (SSSR count). The molecule has 0 aliphatic rings. The number of benzene rings is 1. The van der Waals surface area contributed by atoms with Crippen molar-refractivity contribution in [2.45, 2.75) is 39.5 Å². The van der Waals surface area contributed by atoms with Crippen molar-refractivity contribution >= 4 is 28.2 Å². The number of pyridine rings is 1. The van der Waals surface area contributed by atoms with E-state index >= 15 is 0 Å². The van der Waals surface area contributed by atoms with Crippen molar-refractivity contribution in [1.29, 1.82) is 0 Å². The van der Waals surface area contributed by atoms with Crippen LogP contribution in [0.2, 0.25) is 5.02 Å². The van der Waals surface area contributed by atoms with Crippen LogP contribution < -0.4 is 10.1 Å². The third kappa shape index (κ3) is 5.48. The highest BCUT2D eigenvalue weighted by Gasteiger charge is 2.11. The van der Waals surface area contributed by atoms with Crippen LogP contribution in [0.3, 0.4) is 0 Å². The topological polar surface area (TPSA) is 37.4 Å². The fourth-order valence-electron chi connectivity index (χ4n) is 3.05. The van der Waals surface area contributed by atoms with Gasteiger partial charge < -0.3 is 15.0 Å². The van der Waals surface area contributed by atoms with Crippen LogP contribution in [0.4, 0.5) is 5.69 Å². The largest absolute Gasteiger partial charge is 0.495 e. The first-order valence-electron chi connectivity index (χ1n) is 9.28. The van der Waals surface area contributed by atoms with Crippen molar-refractivity contribution in [3.05, 3.63) is 29.4 Å². The molecule has 138 valence electrons. The highest BCUT2D eigenvalue weighted by molar-refractivity contribution is 6.37. The number of halogens is 1. The number of hydrogen-bond donors (Lipinski definition) is 1. The Balaban J connectivity index is 1.84. The standard InChI is InChI=1S/C20H30ClN3O/c1-4-24(5-2)14-9-7-6-8-12-22-17-15-18(25-3)19(21)16-11-10-13-23-20(16)17/h10-11,13,15,22H,4-9,12,14H2,1-3H3. The molecular formula is C20H30ClN3O. The van der Waals surface area contributed by atoms with Crippen LogP contribution in [0, 0.1) is 0 Å². The second kappa shape index (κ2) is 10.5. The van der Waals surface area contributed by atoms with Gasteiger partial charge in [-0.15, -0.1) is 0 Å². The molecule has 0 atom stereocenters. The predicted octanol–water partition coefficient (Wildman–Crippen LogP) is 5.21. The Labute approximate surface area is 156 Å². The molecule has 4 nitrogen and oxygen atoms in total. The highest BCUT2D eigenvalue weighted by Crippen LogP contribution is 2.36. The molecule has 0 fully saturated rings. The van der Waals surface area contributed by atoms with E-state index in [4.69, 9.17) is 16.3 Å². The van der Waals surface area contributed by atoms with Gasteiger partial charge in [-0.2, -0.15) is 0 Å². The number of rotatable bonds is 11. The van der Waals surface area contributed by atoms with Gasteiger partial charge in [0, 0.05) is 24.2 Å². The molecule has 25 heavy (non-hydrogen) atoms. The number of hydrogen-bond acceptors (Lipinski definition) is 4. The summed E-state index contributed by atoms with van der Waals surface area (Å²) in [5.41, 5.74) is 1.88. The van der Waals surface area contributed by atoms with E-state index in [1.165, 1.54) is 25.8 Å². The lowest BCUT2D eigenvalue weighted by molar-refractivity contribution is 0.295. The average Bonchev–Trinajstić information content (AvgIpc) is 2.66. The maximum absolute atomic E-state index is 6.38. The summed E-state index contributed by atoms with van der Waals surface area (Å²) >= 11 is 6.38. The molecule has 0 spiro atoms. The minimum atomic E-state index is 0.618. The van der Waals surface area contributed by atoms with Gasteiger partial charge in [-0.05, 0) is 44.6 Å². The number of nitrogens with one attached hydrogen (secondary N) is 1. The van der Waals surface area contributed by atoms with Crippen LogP contribution in [0.25, 0.3) is 10.9 Å². The third-order valence-electron chi connectivity index (χ3n) is 4.62. The lowest BCUT2D eigenvalue weighted by Crippen LogP contribution is -2.23. The van der Waals surface area contributed by atoms with Gasteiger partial charge in [0.05, 0.1) is 23.3 Å². The van der Waals surface area contributed by atoms with Crippen LogP contribution in [0.5, 0.6) is 5.75 Å². The second-order valence-electron chi connectivity index (χ2n) is 6.21. The normalized spacial score (nSPS) is 11.2. The second-order valence-corrected chi connectivity index (χ2v) is 6.59. The van der Waals surface area contributed by atoms with Crippen molar-refractivity contribution in [2.75, 3.05) is 38.6 Å². The molecule has 0 saturated heterocycles. The van der Waals surface area contributed by atoms with E-state index < -0.39 is 0 Å². The fraction of sp³-hybridized carbons (Fsp3) is 0.550. The minimum Gasteiger partial charge on any atom is -0.495 e. The summed E-state index contributed by atoms with van der Waals surface area (Å²) in [4.78, 5) is 6.96. The Morgan fingerprint density at radius 3 is 2.64 bits per heavy atom. The van der Waals surface area contributed by atoms with Gasteiger partial charge in [0.15, 0.2) is 0 Å². The summed E-state index contributed by atoms with van der Waals surface area (Å²) < 4.78 is 5.39. The van der Waals surface area contributed by atoms with Gasteiger partial charge in [0.1, 0.15) is 5.75 Å². The zero-order chi connectivity index (χ0) is 18.1. The van der Waals surface area contributed by atoms with E-state index in [0.717, 1.165) is 42.6 Å². The Bertz CT molecular complexity index is 659. The van der Waals surface area contributed by atoms with Crippen LogP contribution in [0.1, 0.15) is 39.5 Å². The lowest BCUT2D eigenvalue weighted by atomic mass is 10.1. The molecule has 0 aliphatic carbocycles. The first kappa shape index (κ1) is 19.8. The van der Waals surface area contributed by atoms with E-state index in [1.807, 2.05) is 18.2 Å². The summed E-state index contributed by atoms with van der Waals surface area (Å²) in [6.07, 6.45) is 6.74. The van der Waals surface area contributed by atoms with Crippen LogP contribution in [-0.2, 0) is 0 Å². The van der Waals surface area contributed by atoms with Gasteiger partial charge in [-0.1, -0.05) is 38.3 Å². The maximum atomic E-state index is 6.38. The molecule has 0 radical (unpaired) electrons. The van der Waals surface area contributed by atoms with Gasteiger partial charge in [0.25, 0.3) is 0 Å². The molecule has 0 aliphatic heterocycles. The zero-order valence-electron chi connectivity index (χ0n) is 15.6. The Kier molecular flexibility index (Phi) is 8.29. The number of nitrogens with zero attached hydrogens (tertiary/aromatic N) is 2. The van der Waals surface area contributed by atoms with Crippen LogP contribution >= 0.6 is 11.6 Å². The van der Waals surface area contributed by atoms with E-state index in [2.05, 4.69) is 29.0 Å². The summed E-state index contributed by atoms with van der Waals surface area (Å²) in [6, 6.07) is 5.82. The molecule has 0 amide bonds.